The maximum Gasteiger partial charge on any atom is 0.168 e. The predicted octanol–water partition coefficient (Wildman–Crippen LogP) is 5.41. The van der Waals surface area contributed by atoms with Crippen molar-refractivity contribution in [2.24, 2.45) is 4.99 Å². The summed E-state index contributed by atoms with van der Waals surface area (Å²) in [5, 5.41) is 13.1. The van der Waals surface area contributed by atoms with E-state index in [1.54, 1.807) is 7.05 Å². The van der Waals surface area contributed by atoms with Crippen LogP contribution >= 0.6 is 0 Å². The van der Waals surface area contributed by atoms with Gasteiger partial charge < -0.3 is 5.11 Å². The fraction of sp³-hybridized carbons (Fsp3) is 0.200. The average Bonchev–Trinajstić information content (AvgIpc) is 2.74. The molecule has 1 aliphatic rings. The second-order valence-electron chi connectivity index (χ2n) is 7.25. The van der Waals surface area contributed by atoms with Crippen LogP contribution in [-0.4, -0.2) is 23.6 Å². The van der Waals surface area contributed by atoms with E-state index in [1.807, 2.05) is 48.5 Å². The van der Waals surface area contributed by atoms with Crippen LogP contribution in [0.3, 0.4) is 0 Å². The lowest BCUT2D eigenvalue weighted by molar-refractivity contribution is -0.115. The number of carbonyl (C=O) groups is 1. The number of rotatable bonds is 3. The first kappa shape index (κ1) is 18.2. The van der Waals surface area contributed by atoms with Crippen LogP contribution in [0.15, 0.2) is 89.1 Å². The zero-order valence-corrected chi connectivity index (χ0v) is 15.9. The molecule has 1 saturated carbocycles. The number of Topliss-reactive ketones (excluding diaryl/α,β-unsaturated/α-hetero) is 1. The fourth-order valence-corrected chi connectivity index (χ4v) is 4.10. The standard InChI is InChI=1S/C25H23NO2/c1-26-22-14-20(17-8-3-2-4-9-17)16-24(28)25(22)23(27)15-19-12-7-11-18-10-5-6-13-21(18)19/h2-13,20,27H,14-16H2,1H3. The lowest BCUT2D eigenvalue weighted by atomic mass is 9.78. The molecule has 1 N–H and O–H groups in total. The highest BCUT2D eigenvalue weighted by atomic mass is 16.3. The van der Waals surface area contributed by atoms with Crippen molar-refractivity contribution in [1.82, 2.24) is 0 Å². The van der Waals surface area contributed by atoms with Crippen LogP contribution in [0.5, 0.6) is 0 Å². The number of benzene rings is 3. The third-order valence-electron chi connectivity index (χ3n) is 5.51. The van der Waals surface area contributed by atoms with Crippen molar-refractivity contribution in [2.45, 2.75) is 25.2 Å². The van der Waals surface area contributed by atoms with E-state index in [9.17, 15) is 9.90 Å². The van der Waals surface area contributed by atoms with Gasteiger partial charge in [-0.2, -0.15) is 0 Å². The van der Waals surface area contributed by atoms with Gasteiger partial charge in [-0.05, 0) is 34.2 Å². The number of hydrogen-bond acceptors (Lipinski definition) is 3. The molecular formula is C25H23NO2. The molecule has 3 nitrogen and oxygen atoms in total. The highest BCUT2D eigenvalue weighted by Gasteiger charge is 2.32. The summed E-state index contributed by atoms with van der Waals surface area (Å²) in [4.78, 5) is 17.3. The predicted molar refractivity (Wildman–Crippen MR) is 114 cm³/mol. The Morgan fingerprint density at radius 1 is 0.964 bits per heavy atom. The summed E-state index contributed by atoms with van der Waals surface area (Å²) in [5.41, 5.74) is 3.26. The number of fused-ring (bicyclic) bond motifs is 1. The van der Waals surface area contributed by atoms with Crippen molar-refractivity contribution < 1.29 is 9.90 Å². The van der Waals surface area contributed by atoms with Crippen LogP contribution in [-0.2, 0) is 11.2 Å². The first-order valence-corrected chi connectivity index (χ1v) is 9.60. The highest BCUT2D eigenvalue weighted by Crippen LogP contribution is 2.34. The van der Waals surface area contributed by atoms with E-state index in [0.29, 0.717) is 30.5 Å². The van der Waals surface area contributed by atoms with Gasteiger partial charge in [-0.15, -0.1) is 0 Å². The normalized spacial score (nSPS) is 20.5. The van der Waals surface area contributed by atoms with Crippen LogP contribution < -0.4 is 0 Å². The largest absolute Gasteiger partial charge is 0.511 e. The molecule has 28 heavy (non-hydrogen) atoms. The molecule has 0 aromatic heterocycles. The first-order chi connectivity index (χ1) is 13.7. The molecule has 0 saturated heterocycles. The Morgan fingerprint density at radius 3 is 2.46 bits per heavy atom. The van der Waals surface area contributed by atoms with Crippen molar-refractivity contribution >= 4 is 22.3 Å². The van der Waals surface area contributed by atoms with Crippen molar-refractivity contribution in [3.63, 3.8) is 0 Å². The molecule has 0 bridgehead atoms. The molecular weight excluding hydrogens is 346 g/mol. The van der Waals surface area contributed by atoms with Gasteiger partial charge in [0.05, 0.1) is 5.57 Å². The van der Waals surface area contributed by atoms with E-state index in [4.69, 9.17) is 0 Å². The third kappa shape index (κ3) is 3.48. The Morgan fingerprint density at radius 2 is 1.68 bits per heavy atom. The van der Waals surface area contributed by atoms with E-state index in [0.717, 1.165) is 21.9 Å². The molecule has 3 heteroatoms. The highest BCUT2D eigenvalue weighted by molar-refractivity contribution is 6.24. The number of nitrogens with zero attached hydrogens (tertiary/aromatic N) is 1. The first-order valence-electron chi connectivity index (χ1n) is 9.60. The maximum absolute atomic E-state index is 12.9. The Hall–Kier alpha value is -3.20. The van der Waals surface area contributed by atoms with Gasteiger partial charge in [0.2, 0.25) is 0 Å². The SMILES string of the molecule is CN=C1CC(c2ccccc2)CC(=O)C1=C(O)Cc1cccc2ccccc12. The smallest absolute Gasteiger partial charge is 0.168 e. The number of aliphatic hydroxyl groups is 1. The zero-order chi connectivity index (χ0) is 19.5. The van der Waals surface area contributed by atoms with Gasteiger partial charge in [-0.25, -0.2) is 0 Å². The lowest BCUT2D eigenvalue weighted by Crippen LogP contribution is -2.27. The number of hydrogen-bond donors (Lipinski definition) is 1. The van der Waals surface area contributed by atoms with Gasteiger partial charge >= 0.3 is 0 Å². The summed E-state index contributed by atoms with van der Waals surface area (Å²) < 4.78 is 0. The molecule has 0 amide bonds. The quantitative estimate of drug-likeness (QED) is 0.495. The van der Waals surface area contributed by atoms with E-state index in [2.05, 4.69) is 29.3 Å². The summed E-state index contributed by atoms with van der Waals surface area (Å²) in [6.45, 7) is 0. The van der Waals surface area contributed by atoms with Crippen LogP contribution in [0.25, 0.3) is 10.8 Å². The van der Waals surface area contributed by atoms with E-state index < -0.39 is 0 Å². The molecule has 0 heterocycles. The fourth-order valence-electron chi connectivity index (χ4n) is 4.10. The van der Waals surface area contributed by atoms with E-state index in [1.165, 1.54) is 0 Å². The van der Waals surface area contributed by atoms with Crippen molar-refractivity contribution in [3.05, 3.63) is 95.3 Å². The van der Waals surface area contributed by atoms with Crippen LogP contribution in [0.4, 0.5) is 0 Å². The molecule has 140 valence electrons. The van der Waals surface area contributed by atoms with Gasteiger partial charge in [-0.1, -0.05) is 72.8 Å². The topological polar surface area (TPSA) is 49.7 Å². The third-order valence-corrected chi connectivity index (χ3v) is 5.51. The summed E-state index contributed by atoms with van der Waals surface area (Å²) in [6.07, 6.45) is 1.40. The summed E-state index contributed by atoms with van der Waals surface area (Å²) in [7, 11) is 1.70. The molecule has 1 fully saturated rings. The van der Waals surface area contributed by atoms with Crippen LogP contribution in [0, 0.1) is 0 Å². The molecule has 0 aliphatic heterocycles. The minimum Gasteiger partial charge on any atom is -0.511 e. The summed E-state index contributed by atoms with van der Waals surface area (Å²) in [5.74, 6) is 0.202. The van der Waals surface area contributed by atoms with Gasteiger partial charge in [0.25, 0.3) is 0 Å². The lowest BCUT2D eigenvalue weighted by Gasteiger charge is -2.25. The Balaban J connectivity index is 1.67. The molecule has 3 aromatic carbocycles. The molecule has 1 unspecified atom stereocenters. The van der Waals surface area contributed by atoms with Crippen LogP contribution in [0.2, 0.25) is 0 Å². The second-order valence-corrected chi connectivity index (χ2v) is 7.25. The number of ketones is 1. The number of allylic oxidation sites excluding steroid dienone is 2. The molecule has 3 aromatic rings. The Bertz CT molecular complexity index is 1070. The molecule has 1 aliphatic carbocycles. The Labute approximate surface area is 165 Å². The average molecular weight is 369 g/mol. The number of aliphatic hydroxyl groups excluding tert-OH is 1. The second kappa shape index (κ2) is 7.81. The molecule has 0 spiro atoms. The van der Waals surface area contributed by atoms with Crippen LogP contribution in [0.1, 0.15) is 29.9 Å². The van der Waals surface area contributed by atoms with Gasteiger partial charge in [0, 0.05) is 25.6 Å². The molecule has 4 rings (SSSR count). The summed E-state index contributed by atoms with van der Waals surface area (Å²) in [6, 6.07) is 24.2. The number of carbonyl (C=O) groups excluding carboxylic acids is 1. The van der Waals surface area contributed by atoms with E-state index >= 15 is 0 Å². The maximum atomic E-state index is 12.9. The van der Waals surface area contributed by atoms with Gasteiger partial charge in [-0.3, -0.25) is 9.79 Å². The van der Waals surface area contributed by atoms with Crippen molar-refractivity contribution in [3.8, 4) is 0 Å². The Kier molecular flexibility index (Phi) is 5.07. The minimum absolute atomic E-state index is 0.0292. The zero-order valence-electron chi connectivity index (χ0n) is 15.9. The number of aliphatic imine (C=N–C) groups is 1. The summed E-state index contributed by atoms with van der Waals surface area (Å²) >= 11 is 0. The minimum atomic E-state index is -0.0292. The monoisotopic (exact) mass is 369 g/mol. The molecule has 0 radical (unpaired) electrons. The van der Waals surface area contributed by atoms with Gasteiger partial charge in [0.1, 0.15) is 5.76 Å². The van der Waals surface area contributed by atoms with Crippen molar-refractivity contribution in [2.75, 3.05) is 7.05 Å². The van der Waals surface area contributed by atoms with E-state index in [-0.39, 0.29) is 17.5 Å². The molecule has 1 atom stereocenters. The van der Waals surface area contributed by atoms with Gasteiger partial charge in [0.15, 0.2) is 5.78 Å². The van der Waals surface area contributed by atoms with Crippen molar-refractivity contribution in [1.29, 1.82) is 0 Å².